The molecular weight excluding hydrogens is 1130 g/mol. The molecular formula is C68H82N4O4S6. The van der Waals surface area contributed by atoms with Crippen LogP contribution in [-0.2, 0) is 19.2 Å². The minimum Gasteiger partial charge on any atom is -0.306 e. The molecule has 4 aliphatic rings. The maximum atomic E-state index is 15.2. The van der Waals surface area contributed by atoms with E-state index in [1.807, 2.05) is 31.7 Å². The molecule has 4 atom stereocenters. The molecule has 6 aromatic heterocycles. The lowest BCUT2D eigenvalue weighted by atomic mass is 9.98. The van der Waals surface area contributed by atoms with Crippen LogP contribution in [0.2, 0.25) is 0 Å². The number of carbonyl (C=O) groups is 4. The first-order valence-electron chi connectivity index (χ1n) is 30.7. The van der Waals surface area contributed by atoms with Crippen molar-refractivity contribution >= 4 is 114 Å². The molecule has 0 bridgehead atoms. The molecule has 10 rings (SSSR count). The van der Waals surface area contributed by atoms with Crippen molar-refractivity contribution in [1.82, 2.24) is 19.6 Å². The van der Waals surface area contributed by atoms with Crippen LogP contribution in [0.5, 0.6) is 0 Å². The molecule has 0 radical (unpaired) electrons. The van der Waals surface area contributed by atoms with Gasteiger partial charge in [-0.25, -0.2) is 0 Å². The van der Waals surface area contributed by atoms with Crippen molar-refractivity contribution in [3.63, 3.8) is 0 Å². The Labute approximate surface area is 512 Å². The Morgan fingerprint density at radius 2 is 0.549 bits per heavy atom. The van der Waals surface area contributed by atoms with E-state index in [4.69, 9.17) is 0 Å². The van der Waals surface area contributed by atoms with Crippen molar-refractivity contribution in [2.45, 2.75) is 158 Å². The molecule has 0 aromatic carbocycles. The van der Waals surface area contributed by atoms with E-state index in [9.17, 15) is 0 Å². The van der Waals surface area contributed by atoms with E-state index in [1.165, 1.54) is 9.75 Å². The minimum absolute atomic E-state index is 0.0405. The second-order valence-electron chi connectivity index (χ2n) is 22.8. The molecule has 4 unspecified atom stereocenters. The van der Waals surface area contributed by atoms with Gasteiger partial charge in [0.05, 0.1) is 64.6 Å². The SMILES string of the molecule is CCCCC(CC)CN1C(=O)C2=C(c3ccc(-c4ccc(-c5ccc(-c6ccc(C7=C8C(=O)N(CC(CC)CCCC)C(c9cccs9)=C8C(=O)N7CC(CC)CCCC)s6)s5)s4)s3)N(CC(CC)CCCC)C(=O)C2=C1c1cccs1. The van der Waals surface area contributed by atoms with E-state index in [1.54, 1.807) is 68.0 Å². The molecule has 8 nitrogen and oxygen atoms in total. The van der Waals surface area contributed by atoms with Crippen LogP contribution in [0.4, 0.5) is 0 Å². The van der Waals surface area contributed by atoms with Gasteiger partial charge >= 0.3 is 0 Å². The number of amides is 4. The van der Waals surface area contributed by atoms with E-state index < -0.39 is 0 Å². The summed E-state index contributed by atoms with van der Waals surface area (Å²) in [6.07, 6.45) is 17.0. The highest BCUT2D eigenvalue weighted by Gasteiger charge is 2.52. The zero-order valence-electron chi connectivity index (χ0n) is 49.4. The Morgan fingerprint density at radius 3 is 0.768 bits per heavy atom. The Balaban J connectivity index is 0.968. The molecule has 0 aliphatic carbocycles. The fourth-order valence-electron chi connectivity index (χ4n) is 12.4. The van der Waals surface area contributed by atoms with Crippen LogP contribution in [0.3, 0.4) is 0 Å². The van der Waals surface area contributed by atoms with Gasteiger partial charge in [-0.15, -0.1) is 68.0 Å². The number of hydrogen-bond donors (Lipinski definition) is 0. The first kappa shape index (κ1) is 60.2. The summed E-state index contributed by atoms with van der Waals surface area (Å²) in [4.78, 5) is 79.2. The van der Waals surface area contributed by atoms with E-state index in [0.29, 0.717) is 72.1 Å². The Kier molecular flexibility index (Phi) is 20.1. The van der Waals surface area contributed by atoms with Crippen molar-refractivity contribution in [3.8, 4) is 29.3 Å². The molecule has 4 amide bonds. The van der Waals surface area contributed by atoms with Gasteiger partial charge in [-0.3, -0.25) is 19.2 Å². The Bertz CT molecular complexity index is 3140. The average Bonchev–Trinajstić information content (AvgIpc) is 2.91. The van der Waals surface area contributed by atoms with E-state index in [0.717, 1.165) is 165 Å². The summed E-state index contributed by atoms with van der Waals surface area (Å²) in [5.74, 6) is 1.19. The summed E-state index contributed by atoms with van der Waals surface area (Å²) in [5, 5.41) is 4.10. The highest BCUT2D eigenvalue weighted by Crippen LogP contribution is 2.53. The fraction of sp³-hybridized carbons (Fsp3) is 0.471. The molecule has 6 aromatic rings. The lowest BCUT2D eigenvalue weighted by Gasteiger charge is -2.29. The number of hydrogen-bond acceptors (Lipinski definition) is 10. The molecule has 10 heterocycles. The molecule has 14 heteroatoms. The van der Waals surface area contributed by atoms with E-state index >= 15 is 19.2 Å². The predicted molar refractivity (Wildman–Crippen MR) is 351 cm³/mol. The van der Waals surface area contributed by atoms with Gasteiger partial charge < -0.3 is 19.6 Å². The van der Waals surface area contributed by atoms with Crippen LogP contribution in [0.25, 0.3) is 52.1 Å². The fourth-order valence-corrected chi connectivity index (χ4v) is 18.4. The molecule has 0 fully saturated rings. The molecule has 0 saturated carbocycles. The third-order valence-electron chi connectivity index (χ3n) is 17.4. The van der Waals surface area contributed by atoms with Gasteiger partial charge in [-0.1, -0.05) is 145 Å². The van der Waals surface area contributed by atoms with Crippen molar-refractivity contribution in [2.75, 3.05) is 26.2 Å². The van der Waals surface area contributed by atoms with Gasteiger partial charge in [-0.2, -0.15) is 0 Å². The van der Waals surface area contributed by atoms with Crippen LogP contribution in [0.15, 0.2) is 106 Å². The van der Waals surface area contributed by atoms with Crippen LogP contribution in [0.1, 0.15) is 178 Å². The standard InChI is InChI=1S/C68H82N4O4S6/c1-9-17-23-43(13-5)39-69-61(53-27-21-37-77-53)57-59(67(69)75)63(71(65(57)73)41-45(15-7)25-19-11-3)55-35-33-51(81-55)49-31-29-47(79-49)48-30-32-50(80-48)52-34-36-56(82-52)64-60-58(66(74)72(64)42-46(16-8)26-20-12-4)62(54-28-22-38-78-54)70(68(60)76)40-44(14-6)24-18-10-2/h21-22,27-38,43-46H,9-20,23-26,39-42H2,1-8H3. The second-order valence-corrected chi connectivity index (χ2v) is 29.1. The summed E-state index contributed by atoms with van der Waals surface area (Å²) in [6.45, 7) is 20.2. The summed E-state index contributed by atoms with van der Waals surface area (Å²) in [6, 6.07) is 25.7. The van der Waals surface area contributed by atoms with Crippen LogP contribution >= 0.6 is 68.0 Å². The van der Waals surface area contributed by atoms with Gasteiger partial charge in [0, 0.05) is 55.4 Å². The Morgan fingerprint density at radius 1 is 0.317 bits per heavy atom. The van der Waals surface area contributed by atoms with Gasteiger partial charge in [0.2, 0.25) is 0 Å². The van der Waals surface area contributed by atoms with Crippen LogP contribution in [-0.4, -0.2) is 69.4 Å². The third kappa shape index (κ3) is 12.0. The summed E-state index contributed by atoms with van der Waals surface area (Å²) in [5.41, 5.74) is 5.48. The zero-order chi connectivity index (χ0) is 57.6. The van der Waals surface area contributed by atoms with Crippen molar-refractivity contribution < 1.29 is 19.2 Å². The lowest BCUT2D eigenvalue weighted by Crippen LogP contribution is -2.34. The maximum Gasteiger partial charge on any atom is 0.261 e. The number of unbranched alkanes of at least 4 members (excludes halogenated alkanes) is 4. The summed E-state index contributed by atoms with van der Waals surface area (Å²) in [7, 11) is 0. The molecule has 0 N–H and O–H groups in total. The van der Waals surface area contributed by atoms with Gasteiger partial charge in [0.15, 0.2) is 0 Å². The van der Waals surface area contributed by atoms with E-state index in [2.05, 4.69) is 127 Å². The first-order chi connectivity index (χ1) is 40.0. The molecule has 0 saturated heterocycles. The minimum atomic E-state index is -0.0405. The average molecular weight is 1210 g/mol. The predicted octanol–water partition coefficient (Wildman–Crippen LogP) is 19.5. The second kappa shape index (κ2) is 27.4. The number of nitrogens with zero attached hydrogens (tertiary/aromatic N) is 4. The number of fused-ring (bicyclic) bond motifs is 2. The largest absolute Gasteiger partial charge is 0.306 e. The molecule has 0 spiro atoms. The molecule has 4 aliphatic heterocycles. The quantitative estimate of drug-likeness (QED) is 0.0434. The number of rotatable bonds is 31. The van der Waals surface area contributed by atoms with Crippen molar-refractivity contribution in [3.05, 3.63) is 125 Å². The van der Waals surface area contributed by atoms with Gasteiger partial charge in [0.1, 0.15) is 0 Å². The van der Waals surface area contributed by atoms with Crippen molar-refractivity contribution in [1.29, 1.82) is 0 Å². The molecule has 82 heavy (non-hydrogen) atoms. The van der Waals surface area contributed by atoms with Crippen molar-refractivity contribution in [2.24, 2.45) is 23.7 Å². The third-order valence-corrected chi connectivity index (χ3v) is 24.1. The summed E-state index contributed by atoms with van der Waals surface area (Å²) < 4.78 is 0. The normalized spacial score (nSPS) is 17.1. The summed E-state index contributed by atoms with van der Waals surface area (Å²) >= 11 is 10.1. The topological polar surface area (TPSA) is 81.2 Å². The monoisotopic (exact) mass is 1210 g/mol. The Hall–Kier alpha value is -4.96. The highest BCUT2D eigenvalue weighted by atomic mass is 32.1. The highest BCUT2D eigenvalue weighted by molar-refractivity contribution is 7.28. The first-order valence-corrected chi connectivity index (χ1v) is 35.8. The van der Waals surface area contributed by atoms with E-state index in [-0.39, 0.29) is 23.6 Å². The number of carbonyl (C=O) groups excluding carboxylic acids is 4. The molecule has 434 valence electrons. The smallest absolute Gasteiger partial charge is 0.261 e. The maximum absolute atomic E-state index is 15.2. The lowest BCUT2D eigenvalue weighted by molar-refractivity contribution is -0.124. The van der Waals surface area contributed by atoms with Crippen LogP contribution < -0.4 is 0 Å². The zero-order valence-corrected chi connectivity index (χ0v) is 54.3. The van der Waals surface area contributed by atoms with Crippen LogP contribution in [0, 0.1) is 23.7 Å². The van der Waals surface area contributed by atoms with Gasteiger partial charge in [0.25, 0.3) is 23.6 Å². The number of thiophene rings is 6. The van der Waals surface area contributed by atoms with Gasteiger partial charge in [-0.05, 0) is 121 Å².